The molecule has 0 aliphatic rings. The molecule has 0 aliphatic heterocycles. The van der Waals surface area contributed by atoms with Gasteiger partial charge in [0.2, 0.25) is 0 Å². The Kier molecular flexibility index (Phi) is 2.12. The SMILES string of the molecule is Fc1ccc(Br)c2ccn(I)c12. The van der Waals surface area contributed by atoms with Gasteiger partial charge in [0.25, 0.3) is 0 Å². The minimum absolute atomic E-state index is 0.187. The van der Waals surface area contributed by atoms with Gasteiger partial charge in [0.05, 0.1) is 28.4 Å². The molecule has 2 rings (SSSR count). The Bertz CT molecular complexity index is 438. The fourth-order valence-corrected chi connectivity index (χ4v) is 2.25. The molecule has 62 valence electrons. The molecule has 12 heavy (non-hydrogen) atoms. The van der Waals surface area contributed by atoms with Crippen molar-refractivity contribution in [3.05, 3.63) is 34.7 Å². The molecule has 1 aromatic carbocycles. The molecule has 2 aromatic rings. The standard InChI is InChI=1S/C8H4BrFIN/c9-6-1-2-7(10)8-5(6)3-4-12(8)11/h1-4H. The molecular weight excluding hydrogens is 336 g/mol. The van der Waals surface area contributed by atoms with Crippen molar-refractivity contribution in [1.82, 2.24) is 2.78 Å². The van der Waals surface area contributed by atoms with Gasteiger partial charge in [-0.05, 0) is 18.2 Å². The summed E-state index contributed by atoms with van der Waals surface area (Å²) in [5, 5.41) is 0.907. The number of rotatable bonds is 0. The average Bonchev–Trinajstić information content (AvgIpc) is 2.42. The van der Waals surface area contributed by atoms with E-state index in [1.54, 1.807) is 8.85 Å². The van der Waals surface area contributed by atoms with E-state index < -0.39 is 0 Å². The van der Waals surface area contributed by atoms with E-state index in [1.165, 1.54) is 6.07 Å². The second-order valence-corrected chi connectivity index (χ2v) is 4.31. The van der Waals surface area contributed by atoms with E-state index in [0.717, 1.165) is 9.86 Å². The first kappa shape index (κ1) is 8.50. The summed E-state index contributed by atoms with van der Waals surface area (Å²) < 4.78 is 15.9. The first-order valence-electron chi connectivity index (χ1n) is 3.31. The summed E-state index contributed by atoms with van der Waals surface area (Å²) in [6.45, 7) is 0. The molecule has 0 fully saturated rings. The summed E-state index contributed by atoms with van der Waals surface area (Å²) in [5.74, 6) is -0.187. The van der Waals surface area contributed by atoms with E-state index >= 15 is 0 Å². The highest BCUT2D eigenvalue weighted by molar-refractivity contribution is 14.1. The third-order valence-electron chi connectivity index (χ3n) is 1.70. The molecular formula is C8H4BrFIN. The number of halogens is 3. The predicted octanol–water partition coefficient (Wildman–Crippen LogP) is 3.74. The van der Waals surface area contributed by atoms with E-state index in [4.69, 9.17) is 0 Å². The molecule has 0 amide bonds. The van der Waals surface area contributed by atoms with Crippen LogP contribution >= 0.6 is 38.8 Å². The number of aromatic nitrogens is 1. The van der Waals surface area contributed by atoms with Crippen molar-refractivity contribution in [2.24, 2.45) is 0 Å². The van der Waals surface area contributed by atoms with Crippen molar-refractivity contribution >= 4 is 49.7 Å². The van der Waals surface area contributed by atoms with Gasteiger partial charge in [-0.3, -0.25) is 2.78 Å². The largest absolute Gasteiger partial charge is 0.287 e. The molecule has 0 saturated heterocycles. The minimum atomic E-state index is -0.187. The highest BCUT2D eigenvalue weighted by Crippen LogP contribution is 2.28. The Balaban J connectivity index is 2.98. The third kappa shape index (κ3) is 1.17. The first-order valence-corrected chi connectivity index (χ1v) is 5.07. The number of hydrogen-bond donors (Lipinski definition) is 0. The summed E-state index contributed by atoms with van der Waals surface area (Å²) in [5.41, 5.74) is 0.630. The average molecular weight is 340 g/mol. The second-order valence-electron chi connectivity index (χ2n) is 2.42. The lowest BCUT2D eigenvalue weighted by atomic mass is 10.2. The Morgan fingerprint density at radius 1 is 1.33 bits per heavy atom. The number of benzene rings is 1. The molecule has 1 heterocycles. The molecule has 0 N–H and O–H groups in total. The Morgan fingerprint density at radius 3 is 2.75 bits per heavy atom. The van der Waals surface area contributed by atoms with Crippen LogP contribution in [-0.2, 0) is 0 Å². The zero-order chi connectivity index (χ0) is 8.72. The smallest absolute Gasteiger partial charge is 0.148 e. The maximum Gasteiger partial charge on any atom is 0.148 e. The van der Waals surface area contributed by atoms with Crippen LogP contribution in [0.2, 0.25) is 0 Å². The van der Waals surface area contributed by atoms with Crippen LogP contribution in [0.25, 0.3) is 10.9 Å². The highest BCUT2D eigenvalue weighted by Gasteiger charge is 2.07. The van der Waals surface area contributed by atoms with Gasteiger partial charge in [0.15, 0.2) is 0 Å². The van der Waals surface area contributed by atoms with Crippen LogP contribution in [0.1, 0.15) is 0 Å². The van der Waals surface area contributed by atoms with Crippen LogP contribution < -0.4 is 0 Å². The molecule has 1 nitrogen and oxygen atoms in total. The van der Waals surface area contributed by atoms with E-state index in [1.807, 2.05) is 12.3 Å². The third-order valence-corrected chi connectivity index (χ3v) is 3.20. The van der Waals surface area contributed by atoms with E-state index in [9.17, 15) is 4.39 Å². The number of hydrogen-bond acceptors (Lipinski definition) is 0. The van der Waals surface area contributed by atoms with Crippen molar-refractivity contribution in [2.75, 3.05) is 0 Å². The maximum absolute atomic E-state index is 13.2. The molecule has 0 bridgehead atoms. The summed E-state index contributed by atoms with van der Waals surface area (Å²) in [4.78, 5) is 0. The van der Waals surface area contributed by atoms with Crippen LogP contribution in [0.15, 0.2) is 28.9 Å². The van der Waals surface area contributed by atoms with Crippen LogP contribution in [0, 0.1) is 5.82 Å². The monoisotopic (exact) mass is 339 g/mol. The fourth-order valence-electron chi connectivity index (χ4n) is 1.15. The van der Waals surface area contributed by atoms with Gasteiger partial charge < -0.3 is 0 Å². The summed E-state index contributed by atoms with van der Waals surface area (Å²) in [6.07, 6.45) is 1.83. The van der Waals surface area contributed by atoms with Gasteiger partial charge in [0, 0.05) is 16.1 Å². The molecule has 4 heteroatoms. The van der Waals surface area contributed by atoms with Crippen LogP contribution in [0.5, 0.6) is 0 Å². The van der Waals surface area contributed by atoms with Gasteiger partial charge in [-0.2, -0.15) is 0 Å². The Labute approximate surface area is 91.2 Å². The summed E-state index contributed by atoms with van der Waals surface area (Å²) >= 11 is 5.41. The van der Waals surface area contributed by atoms with Crippen molar-refractivity contribution in [1.29, 1.82) is 0 Å². The zero-order valence-corrected chi connectivity index (χ0v) is 9.63. The quantitative estimate of drug-likeness (QED) is 0.644. The van der Waals surface area contributed by atoms with Crippen molar-refractivity contribution in [2.45, 2.75) is 0 Å². The zero-order valence-electron chi connectivity index (χ0n) is 5.89. The van der Waals surface area contributed by atoms with Gasteiger partial charge in [0.1, 0.15) is 5.82 Å². The summed E-state index contributed by atoms with van der Waals surface area (Å²) in [6, 6.07) is 5.06. The van der Waals surface area contributed by atoms with Crippen molar-refractivity contribution < 1.29 is 4.39 Å². The molecule has 1 aromatic heterocycles. The molecule has 0 spiro atoms. The highest BCUT2D eigenvalue weighted by atomic mass is 127. The van der Waals surface area contributed by atoms with Crippen molar-refractivity contribution in [3.8, 4) is 0 Å². The Morgan fingerprint density at radius 2 is 2.08 bits per heavy atom. The normalized spacial score (nSPS) is 10.9. The molecule has 0 radical (unpaired) electrons. The lowest BCUT2D eigenvalue weighted by molar-refractivity contribution is 0.637. The topological polar surface area (TPSA) is 4.93 Å². The molecule has 0 aliphatic carbocycles. The van der Waals surface area contributed by atoms with Gasteiger partial charge >= 0.3 is 0 Å². The molecule has 0 atom stereocenters. The number of fused-ring (bicyclic) bond motifs is 1. The molecule has 0 unspecified atom stereocenters. The van der Waals surface area contributed by atoms with Crippen LogP contribution in [0.3, 0.4) is 0 Å². The van der Waals surface area contributed by atoms with Crippen LogP contribution in [0.4, 0.5) is 4.39 Å². The number of nitrogens with zero attached hydrogens (tertiary/aromatic N) is 1. The molecule has 0 saturated carbocycles. The lowest BCUT2D eigenvalue weighted by Crippen LogP contribution is -1.81. The first-order chi connectivity index (χ1) is 5.70. The van der Waals surface area contributed by atoms with Gasteiger partial charge in [-0.25, -0.2) is 4.39 Å². The second kappa shape index (κ2) is 2.99. The van der Waals surface area contributed by atoms with Gasteiger partial charge in [-0.1, -0.05) is 15.9 Å². The van der Waals surface area contributed by atoms with Crippen LogP contribution in [-0.4, -0.2) is 2.78 Å². The Hall–Kier alpha value is -0.100. The van der Waals surface area contributed by atoms with E-state index in [0.29, 0.717) is 5.52 Å². The van der Waals surface area contributed by atoms with Crippen molar-refractivity contribution in [3.63, 3.8) is 0 Å². The van der Waals surface area contributed by atoms with E-state index in [-0.39, 0.29) is 5.82 Å². The summed E-state index contributed by atoms with van der Waals surface area (Å²) in [7, 11) is 0. The predicted molar refractivity (Wildman–Crippen MR) is 59.0 cm³/mol. The fraction of sp³-hybridized carbons (Fsp3) is 0. The van der Waals surface area contributed by atoms with Gasteiger partial charge in [-0.15, -0.1) is 0 Å². The minimum Gasteiger partial charge on any atom is -0.287 e. The lowest BCUT2D eigenvalue weighted by Gasteiger charge is -1.97. The maximum atomic E-state index is 13.2. The van der Waals surface area contributed by atoms with E-state index in [2.05, 4.69) is 38.8 Å².